The van der Waals surface area contributed by atoms with E-state index in [4.69, 9.17) is 0 Å². The molecule has 5 heteroatoms. The first-order valence-electron chi connectivity index (χ1n) is 6.55. The Kier molecular flexibility index (Phi) is 3.12. The van der Waals surface area contributed by atoms with Crippen LogP contribution >= 0.6 is 0 Å². The molecule has 2 aliphatic rings. The maximum absolute atomic E-state index is 11.4. The number of carbonyl (C=O) groups is 1. The predicted molar refractivity (Wildman–Crippen MR) is 75.8 cm³/mol. The van der Waals surface area contributed by atoms with Crippen LogP contribution in [-0.4, -0.2) is 10.8 Å². The minimum atomic E-state index is 0.128. The van der Waals surface area contributed by atoms with Crippen molar-refractivity contribution in [3.63, 3.8) is 0 Å². The van der Waals surface area contributed by atoms with Crippen molar-refractivity contribution in [2.75, 3.05) is 5.01 Å². The number of nitrogens with one attached hydrogen (secondary N) is 1. The molecule has 3 heterocycles. The lowest BCUT2D eigenvalue weighted by atomic mass is 10.2. The smallest absolute Gasteiger partial charge is 0.296 e. The number of hydrogen-bond acceptors (Lipinski definition) is 4. The number of nitrogens with zero attached hydrogens (tertiary/aromatic N) is 3. The molecule has 0 bridgehead atoms. The maximum Gasteiger partial charge on any atom is 0.301 e. The predicted octanol–water partition coefficient (Wildman–Crippen LogP) is 1.42. The van der Waals surface area contributed by atoms with Gasteiger partial charge in [0.2, 0.25) is 0 Å². The molecule has 0 aliphatic carbocycles. The fourth-order valence-electron chi connectivity index (χ4n) is 2.32. The summed E-state index contributed by atoms with van der Waals surface area (Å²) in [6.07, 6.45) is 10.0. The Morgan fingerprint density at radius 1 is 1.40 bits per heavy atom. The molecule has 1 aromatic rings. The van der Waals surface area contributed by atoms with Crippen molar-refractivity contribution in [1.29, 1.82) is 0 Å². The topological polar surface area (TPSA) is 39.5 Å². The lowest BCUT2D eigenvalue weighted by molar-refractivity contribution is -0.671. The normalized spacial score (nSPS) is 16.9. The van der Waals surface area contributed by atoms with Gasteiger partial charge in [0.15, 0.2) is 5.78 Å². The molecule has 0 atom stereocenters. The van der Waals surface area contributed by atoms with E-state index in [0.29, 0.717) is 6.54 Å². The van der Waals surface area contributed by atoms with Crippen molar-refractivity contribution in [2.45, 2.75) is 20.4 Å². The number of pyridine rings is 1. The van der Waals surface area contributed by atoms with E-state index in [1.54, 1.807) is 6.92 Å². The van der Waals surface area contributed by atoms with E-state index in [1.165, 1.54) is 0 Å². The molecule has 0 fully saturated rings. The second-order valence-electron chi connectivity index (χ2n) is 4.92. The van der Waals surface area contributed by atoms with Gasteiger partial charge in [-0.05, 0) is 32.1 Å². The number of ketones is 1. The highest BCUT2D eigenvalue weighted by Crippen LogP contribution is 2.23. The van der Waals surface area contributed by atoms with Crippen LogP contribution in [0.3, 0.4) is 0 Å². The Bertz CT molecular complexity index is 645. The average Bonchev–Trinajstić information content (AvgIpc) is 2.84. The van der Waals surface area contributed by atoms with E-state index in [1.807, 2.05) is 70.3 Å². The molecule has 0 saturated heterocycles. The van der Waals surface area contributed by atoms with Crippen LogP contribution in [0.15, 0.2) is 60.2 Å². The van der Waals surface area contributed by atoms with Crippen LogP contribution < -0.4 is 15.1 Å². The summed E-state index contributed by atoms with van der Waals surface area (Å²) in [5.41, 5.74) is 5.49. The highest BCUT2D eigenvalue weighted by molar-refractivity contribution is 5.74. The second-order valence-corrected chi connectivity index (χ2v) is 4.92. The van der Waals surface area contributed by atoms with E-state index in [0.717, 1.165) is 17.2 Å². The molecule has 0 aromatic carbocycles. The Morgan fingerprint density at radius 3 is 3.00 bits per heavy atom. The first-order chi connectivity index (χ1) is 9.65. The molecule has 3 rings (SSSR count). The zero-order valence-corrected chi connectivity index (χ0v) is 11.6. The molecule has 0 amide bonds. The van der Waals surface area contributed by atoms with Crippen LogP contribution in [0, 0.1) is 0 Å². The van der Waals surface area contributed by atoms with Gasteiger partial charge < -0.3 is 0 Å². The number of anilines is 1. The number of allylic oxidation sites excluding steroid dienone is 4. The number of carbonyl (C=O) groups excluding carboxylic acids is 1. The summed E-state index contributed by atoms with van der Waals surface area (Å²) in [7, 11) is 0. The van der Waals surface area contributed by atoms with Crippen molar-refractivity contribution in [2.24, 2.45) is 0 Å². The summed E-state index contributed by atoms with van der Waals surface area (Å²) in [6.45, 7) is 4.00. The highest BCUT2D eigenvalue weighted by atomic mass is 16.1. The summed E-state index contributed by atoms with van der Waals surface area (Å²) >= 11 is 0. The molecular weight excluding hydrogens is 252 g/mol. The lowest BCUT2D eigenvalue weighted by Gasteiger charge is -2.22. The molecule has 0 radical (unpaired) electrons. The molecular formula is C15H17N4O+. The van der Waals surface area contributed by atoms with Gasteiger partial charge in [0.05, 0.1) is 6.20 Å². The van der Waals surface area contributed by atoms with Gasteiger partial charge in [0, 0.05) is 11.8 Å². The van der Waals surface area contributed by atoms with Gasteiger partial charge in [0.25, 0.3) is 0 Å². The van der Waals surface area contributed by atoms with Crippen LogP contribution in [0.1, 0.15) is 13.8 Å². The minimum Gasteiger partial charge on any atom is -0.296 e. The van der Waals surface area contributed by atoms with Gasteiger partial charge in [-0.2, -0.15) is 0 Å². The monoisotopic (exact) mass is 269 g/mol. The maximum atomic E-state index is 11.4. The van der Waals surface area contributed by atoms with Crippen LogP contribution in [0.4, 0.5) is 5.82 Å². The number of rotatable bonds is 3. The van der Waals surface area contributed by atoms with E-state index < -0.39 is 0 Å². The Balaban J connectivity index is 1.92. The minimum absolute atomic E-state index is 0.128. The zero-order valence-electron chi connectivity index (χ0n) is 11.6. The van der Waals surface area contributed by atoms with Crippen molar-refractivity contribution in [3.05, 3.63) is 60.2 Å². The molecule has 1 N–H and O–H groups in total. The summed E-state index contributed by atoms with van der Waals surface area (Å²) in [4.78, 5) is 11.4. The van der Waals surface area contributed by atoms with Crippen LogP contribution in [0.25, 0.3) is 0 Å². The van der Waals surface area contributed by atoms with E-state index in [-0.39, 0.29) is 5.78 Å². The van der Waals surface area contributed by atoms with Crippen LogP contribution in [-0.2, 0) is 11.3 Å². The Hall–Kier alpha value is -2.40. The van der Waals surface area contributed by atoms with Crippen LogP contribution in [0.5, 0.6) is 0 Å². The van der Waals surface area contributed by atoms with Gasteiger partial charge in [-0.25, -0.2) is 9.58 Å². The molecule has 0 spiro atoms. The molecule has 5 nitrogen and oxygen atoms in total. The van der Waals surface area contributed by atoms with Crippen molar-refractivity contribution >= 4 is 11.6 Å². The van der Waals surface area contributed by atoms with Gasteiger partial charge in [0.1, 0.15) is 18.4 Å². The quantitative estimate of drug-likeness (QED) is 0.842. The Morgan fingerprint density at radius 2 is 2.25 bits per heavy atom. The summed E-state index contributed by atoms with van der Waals surface area (Å²) in [6, 6.07) is 5.87. The first kappa shape index (κ1) is 12.6. The number of hydrogen-bond donors (Lipinski definition) is 1. The molecule has 102 valence electrons. The Labute approximate surface area is 118 Å². The SMILES string of the molecule is CC(=O)C[n+]1ccccc1N1C=C2C=CC=C(C)N2N1. The molecule has 0 saturated carbocycles. The van der Waals surface area contributed by atoms with Crippen molar-refractivity contribution < 1.29 is 9.36 Å². The third kappa shape index (κ3) is 2.23. The third-order valence-corrected chi connectivity index (χ3v) is 3.24. The summed E-state index contributed by atoms with van der Waals surface area (Å²) < 4.78 is 1.92. The largest absolute Gasteiger partial charge is 0.301 e. The van der Waals surface area contributed by atoms with Gasteiger partial charge in [-0.1, -0.05) is 17.7 Å². The molecule has 2 aliphatic heterocycles. The second kappa shape index (κ2) is 4.94. The summed E-state index contributed by atoms with van der Waals surface area (Å²) in [5.74, 6) is 1.05. The van der Waals surface area contributed by atoms with Crippen LogP contribution in [0.2, 0.25) is 0 Å². The fraction of sp³-hybridized carbons (Fsp3) is 0.200. The van der Waals surface area contributed by atoms with E-state index >= 15 is 0 Å². The molecule has 0 unspecified atom stereocenters. The highest BCUT2D eigenvalue weighted by Gasteiger charge is 2.30. The van der Waals surface area contributed by atoms with Gasteiger partial charge in [-0.3, -0.25) is 4.79 Å². The van der Waals surface area contributed by atoms with Gasteiger partial charge in [-0.15, -0.1) is 5.01 Å². The number of fused-ring (bicyclic) bond motifs is 1. The van der Waals surface area contributed by atoms with E-state index in [9.17, 15) is 4.79 Å². The van der Waals surface area contributed by atoms with Crippen molar-refractivity contribution in [1.82, 2.24) is 10.5 Å². The molecule has 1 aromatic heterocycles. The fourth-order valence-corrected chi connectivity index (χ4v) is 2.32. The van der Waals surface area contributed by atoms with Crippen molar-refractivity contribution in [3.8, 4) is 0 Å². The average molecular weight is 269 g/mol. The van der Waals surface area contributed by atoms with E-state index in [2.05, 4.69) is 5.53 Å². The number of aromatic nitrogens is 1. The zero-order chi connectivity index (χ0) is 14.1. The number of Topliss-reactive ketones (excluding diaryl/α,β-unsaturated/α-hetero) is 1. The summed E-state index contributed by atoms with van der Waals surface area (Å²) in [5, 5.41) is 3.93. The molecule has 20 heavy (non-hydrogen) atoms. The van der Waals surface area contributed by atoms with Gasteiger partial charge >= 0.3 is 5.82 Å². The third-order valence-electron chi connectivity index (χ3n) is 3.24. The lowest BCUT2D eigenvalue weighted by Crippen LogP contribution is -2.48. The standard InChI is InChI=1S/C15H17N4O/c1-12-6-5-7-14-11-18(16-19(12)14)15-8-3-4-9-17(15)10-13(2)20/h3-9,11,16H,10H2,1-2H3/q+1. The first-order valence-corrected chi connectivity index (χ1v) is 6.55. The number of hydrazine groups is 2.